The third kappa shape index (κ3) is 17.0. The topological polar surface area (TPSA) is 282 Å². The number of amides is 3. The quantitative estimate of drug-likeness (QED) is 0.0605. The van der Waals surface area contributed by atoms with Crippen molar-refractivity contribution in [3.8, 4) is 5.75 Å². The van der Waals surface area contributed by atoms with Crippen LogP contribution in [0.3, 0.4) is 0 Å². The number of methoxy groups -OCH3 is 1. The van der Waals surface area contributed by atoms with Gasteiger partial charge in [-0.15, -0.1) is 0 Å². The third-order valence-corrected chi connectivity index (χ3v) is 20.3. The van der Waals surface area contributed by atoms with Gasteiger partial charge in [-0.1, -0.05) is 81.3 Å². The fourth-order valence-corrected chi connectivity index (χ4v) is 14.0. The van der Waals surface area contributed by atoms with Gasteiger partial charge >= 0.3 is 33.7 Å². The van der Waals surface area contributed by atoms with Crippen LogP contribution < -0.4 is 36.1 Å². The van der Waals surface area contributed by atoms with Gasteiger partial charge in [-0.3, -0.25) is 59.1 Å². The Balaban J connectivity index is 0.000000169. The number of hydrogen-bond acceptors (Lipinski definition) is 18. The number of halogens is 4. The highest BCUT2D eigenvalue weighted by Crippen LogP contribution is 2.39. The van der Waals surface area contributed by atoms with Gasteiger partial charge in [0.2, 0.25) is 0 Å². The number of nitro groups is 3. The highest BCUT2D eigenvalue weighted by Gasteiger charge is 2.36. The Morgan fingerprint density at radius 1 is 0.429 bits per heavy atom. The van der Waals surface area contributed by atoms with Crippen LogP contribution in [-0.2, 0) is 20.1 Å². The van der Waals surface area contributed by atoms with Gasteiger partial charge in [-0.05, 0) is 159 Å². The summed E-state index contributed by atoms with van der Waals surface area (Å²) in [6.45, 7) is 12.1. The van der Waals surface area contributed by atoms with E-state index in [-0.39, 0.29) is 17.7 Å². The number of carbonyl (C=O) groups excluding carboxylic acids is 3. The SMILES string of the molecule is COc1ccc(C(=O)N2CCN(c3c([N+](=O)[O-])c(=O)n(C)c4ccc(C)cc34)CC2)cc1.Cc1ccc2c(c1)c(N1CCN(C(=O)c3ccc(Cl)c(Cl)c3)CC1)c([N+](=O)[O-])c(=O)n2CCCN(C)C.Cc1ccc2c(c1)c(N1CCN(C(=O)c3ccc(Cl)c(Cl)c3)CC1)c([N+](=O)[O-])c(=O)n2CCN(C)C. The highest BCUT2D eigenvalue weighted by molar-refractivity contribution is 6.42. The second-order valence-corrected chi connectivity index (χ2v) is 28.1. The second kappa shape index (κ2) is 33.3. The predicted molar refractivity (Wildman–Crippen MR) is 412 cm³/mol. The van der Waals surface area contributed by atoms with E-state index < -0.39 is 48.5 Å². The van der Waals surface area contributed by atoms with E-state index >= 15 is 0 Å². The molecule has 0 aliphatic carbocycles. The van der Waals surface area contributed by atoms with E-state index in [0.717, 1.165) is 23.2 Å². The Kier molecular flexibility index (Phi) is 24.6. The number of rotatable bonds is 17. The molecule has 3 aliphatic heterocycles. The van der Waals surface area contributed by atoms with Crippen LogP contribution >= 0.6 is 46.4 Å². The molecule has 3 saturated heterocycles. The number of piperazine rings is 3. The second-order valence-electron chi connectivity index (χ2n) is 26.5. The summed E-state index contributed by atoms with van der Waals surface area (Å²) < 4.78 is 9.46. The molecule has 0 atom stereocenters. The van der Waals surface area contributed by atoms with E-state index in [4.69, 9.17) is 51.1 Å². The minimum atomic E-state index is -0.641. The van der Waals surface area contributed by atoms with Crippen molar-refractivity contribution in [1.29, 1.82) is 0 Å². The fourth-order valence-electron chi connectivity index (χ4n) is 13.4. The zero-order chi connectivity index (χ0) is 76.0. The van der Waals surface area contributed by atoms with Gasteiger partial charge in [-0.25, -0.2) is 0 Å². The van der Waals surface area contributed by atoms with Crippen molar-refractivity contribution in [1.82, 2.24) is 38.2 Å². The first-order valence-corrected chi connectivity index (χ1v) is 35.4. The number of hydrogen-bond donors (Lipinski definition) is 0. The Morgan fingerprint density at radius 3 is 1.11 bits per heavy atom. The van der Waals surface area contributed by atoms with Crippen molar-refractivity contribution in [3.05, 3.63) is 230 Å². The first-order chi connectivity index (χ1) is 50.0. The number of nitrogens with zero attached hydrogens (tertiary/aromatic N) is 14. The molecule has 3 aliphatic rings. The lowest BCUT2D eigenvalue weighted by atomic mass is 10.1. The summed E-state index contributed by atoms with van der Waals surface area (Å²) >= 11 is 24.1. The Bertz CT molecular complexity index is 5060. The molecule has 0 bridgehead atoms. The number of fused-ring (bicyclic) bond motifs is 3. The van der Waals surface area contributed by atoms with Gasteiger partial charge < -0.3 is 57.6 Å². The number of pyridine rings is 3. The number of ether oxygens (including phenoxy) is 1. The maximum absolute atomic E-state index is 13.5. The molecular weight excluding hydrogens is 1430 g/mol. The van der Waals surface area contributed by atoms with Gasteiger partial charge in [0.25, 0.3) is 17.7 Å². The fraction of sp³-hybridized carbons (Fsp3) is 0.351. The van der Waals surface area contributed by atoms with Gasteiger partial charge in [0, 0.05) is 138 Å². The Hall–Kier alpha value is -10.2. The summed E-state index contributed by atoms with van der Waals surface area (Å²) in [4.78, 5) is 128. The molecule has 3 aromatic heterocycles. The molecule has 0 spiro atoms. The molecule has 31 heteroatoms. The van der Waals surface area contributed by atoms with Crippen molar-refractivity contribution >= 4 is 131 Å². The Morgan fingerprint density at radius 2 is 0.762 bits per heavy atom. The van der Waals surface area contributed by atoms with Crippen LogP contribution in [0.25, 0.3) is 32.7 Å². The molecule has 105 heavy (non-hydrogen) atoms. The van der Waals surface area contributed by atoms with E-state index in [9.17, 15) is 59.1 Å². The summed E-state index contributed by atoms with van der Waals surface area (Å²) in [7, 11) is 10.8. The average molecular weight is 1520 g/mol. The van der Waals surface area contributed by atoms with Gasteiger partial charge in [0.05, 0.1) is 58.5 Å². The zero-order valence-corrected chi connectivity index (χ0v) is 62.6. The standard InChI is InChI=1S/C26H29Cl2N5O4.C25H27Cl2N5O4.C23H24N4O5/c1-17-5-8-22-19(15-17)23(24(33(36)37)26(35)32(22)10-4-9-29(2)3)30-11-13-31(14-12-30)25(34)18-6-7-20(27)21(28)16-18;1-16-4-7-21-18(14-16)22(23(32(35)36)25(34)31(21)13-8-28(2)3)29-9-11-30(12-10-29)24(33)17-5-6-19(26)20(27)15-17;1-15-4-9-19-18(14-15)20(21(27(30)31)23(29)24(19)2)25-10-12-26(13-11-25)22(28)16-5-7-17(32-3)8-6-16/h5-8,15-16H,4,9-14H2,1-3H3;4-7,14-15H,8-13H2,1-3H3;4-9,14H,10-13H2,1-3H3. The van der Waals surface area contributed by atoms with E-state index in [1.807, 2.05) is 128 Å². The number of carbonyl (C=O) groups is 3. The largest absolute Gasteiger partial charge is 0.497 e. The van der Waals surface area contributed by atoms with Gasteiger partial charge in [-0.2, -0.15) is 0 Å². The summed E-state index contributed by atoms with van der Waals surface area (Å²) in [6, 6.07) is 33.2. The molecule has 0 radical (unpaired) electrons. The van der Waals surface area contributed by atoms with Crippen LogP contribution in [-0.4, -0.2) is 198 Å². The number of anilines is 3. The first kappa shape index (κ1) is 77.5. The summed E-state index contributed by atoms with van der Waals surface area (Å²) in [5.41, 5.74) is 3.99. The number of likely N-dealkylation sites (N-methyl/N-ethyl adjacent to an activating group) is 1. The molecule has 6 aromatic carbocycles. The van der Waals surface area contributed by atoms with Crippen molar-refractivity contribution in [2.24, 2.45) is 7.05 Å². The van der Waals surface area contributed by atoms with Crippen LogP contribution in [0.5, 0.6) is 5.75 Å². The minimum Gasteiger partial charge on any atom is -0.497 e. The summed E-state index contributed by atoms with van der Waals surface area (Å²) in [5, 5.41) is 39.6. The van der Waals surface area contributed by atoms with Crippen molar-refractivity contribution in [2.45, 2.75) is 40.3 Å². The lowest BCUT2D eigenvalue weighted by Gasteiger charge is -2.36. The first-order valence-electron chi connectivity index (χ1n) is 33.8. The third-order valence-electron chi connectivity index (χ3n) is 18.9. The van der Waals surface area contributed by atoms with E-state index in [2.05, 4.69) is 0 Å². The highest BCUT2D eigenvalue weighted by atomic mass is 35.5. The van der Waals surface area contributed by atoms with Crippen LogP contribution in [0.15, 0.2) is 130 Å². The van der Waals surface area contributed by atoms with Crippen LogP contribution in [0, 0.1) is 51.1 Å². The van der Waals surface area contributed by atoms with Crippen LogP contribution in [0.2, 0.25) is 20.1 Å². The smallest absolute Gasteiger partial charge is 0.357 e. The lowest BCUT2D eigenvalue weighted by Crippen LogP contribution is -2.49. The maximum atomic E-state index is 13.5. The molecule has 3 fully saturated rings. The molecule has 3 amide bonds. The van der Waals surface area contributed by atoms with Crippen molar-refractivity contribution < 1.29 is 33.9 Å². The van der Waals surface area contributed by atoms with E-state index in [1.165, 1.54) is 25.8 Å². The molecule has 0 unspecified atom stereocenters. The molecule has 6 heterocycles. The molecule has 27 nitrogen and oxygen atoms in total. The molecule has 0 saturated carbocycles. The zero-order valence-electron chi connectivity index (χ0n) is 59.6. The molecule has 552 valence electrons. The molecular formula is C74H80Cl4N14O13. The molecule has 9 aromatic rings. The van der Waals surface area contributed by atoms with Gasteiger partial charge in [0.1, 0.15) is 22.8 Å². The predicted octanol–water partition coefficient (Wildman–Crippen LogP) is 11.2. The monoisotopic (exact) mass is 1510 g/mol. The number of benzene rings is 6. The Labute approximate surface area is 624 Å². The normalized spacial score (nSPS) is 14.0. The lowest BCUT2D eigenvalue weighted by molar-refractivity contribution is -0.385. The maximum Gasteiger partial charge on any atom is 0.357 e. The average Bonchev–Trinajstić information content (AvgIpc) is 0.758. The summed E-state index contributed by atoms with van der Waals surface area (Å²) in [6.07, 6.45) is 0.682. The van der Waals surface area contributed by atoms with E-state index in [1.54, 1.807) is 77.4 Å². The van der Waals surface area contributed by atoms with E-state index in [0.29, 0.717) is 197 Å². The molecule has 0 N–H and O–H groups in total. The summed E-state index contributed by atoms with van der Waals surface area (Å²) in [5.74, 6) is 0.185. The molecule has 12 rings (SSSR count). The van der Waals surface area contributed by atoms with Crippen LogP contribution in [0.1, 0.15) is 54.2 Å². The minimum absolute atomic E-state index is 0.105. The number of aryl methyl sites for hydroxylation is 5. The van der Waals surface area contributed by atoms with Crippen LogP contribution in [0.4, 0.5) is 34.1 Å². The van der Waals surface area contributed by atoms with Crippen molar-refractivity contribution in [2.75, 3.05) is 142 Å². The van der Waals surface area contributed by atoms with Gasteiger partial charge in [0.15, 0.2) is 0 Å². The van der Waals surface area contributed by atoms with Crippen molar-refractivity contribution in [3.63, 3.8) is 0 Å². The number of aromatic nitrogens is 3.